The van der Waals surface area contributed by atoms with E-state index in [1.54, 1.807) is 0 Å². The van der Waals surface area contributed by atoms with Gasteiger partial charge in [-0.2, -0.15) is 0 Å². The fraction of sp³-hybridized carbons (Fsp3) is 0.385. The summed E-state index contributed by atoms with van der Waals surface area (Å²) in [5.41, 5.74) is 5.39. The Hall–Kier alpha value is -1.24. The lowest BCUT2D eigenvalue weighted by atomic mass is 9.90. The van der Waals surface area contributed by atoms with Crippen molar-refractivity contribution >= 4 is 11.3 Å². The van der Waals surface area contributed by atoms with Gasteiger partial charge in [0.25, 0.3) is 0 Å². The van der Waals surface area contributed by atoms with Gasteiger partial charge in [-0.15, -0.1) is 0 Å². The summed E-state index contributed by atoms with van der Waals surface area (Å²) in [6.45, 7) is 8.74. The Morgan fingerprint density at radius 1 is 1.14 bits per heavy atom. The van der Waals surface area contributed by atoms with Crippen LogP contribution in [0.3, 0.4) is 0 Å². The summed E-state index contributed by atoms with van der Waals surface area (Å²) in [5.74, 6) is 0. The summed E-state index contributed by atoms with van der Waals surface area (Å²) in [4.78, 5) is 0. The number of fused-ring (bicyclic) bond motifs is 1. The van der Waals surface area contributed by atoms with E-state index in [4.69, 9.17) is 0 Å². The average molecular weight is 187 g/mol. The van der Waals surface area contributed by atoms with Crippen LogP contribution in [0.5, 0.6) is 0 Å². The largest absolute Gasteiger partial charge is 0.376 e. The molecule has 1 heteroatoms. The highest BCUT2D eigenvalue weighted by molar-refractivity contribution is 5.81. The zero-order valence-electron chi connectivity index (χ0n) is 9.31. The van der Waals surface area contributed by atoms with E-state index in [1.165, 1.54) is 22.4 Å². The molecule has 1 aromatic rings. The molecule has 0 bridgehead atoms. The average Bonchev–Trinajstić information content (AvgIpc) is 2.05. The van der Waals surface area contributed by atoms with Gasteiger partial charge in [-0.25, -0.2) is 0 Å². The van der Waals surface area contributed by atoms with Gasteiger partial charge in [0.2, 0.25) is 0 Å². The van der Waals surface area contributed by atoms with Crippen LogP contribution < -0.4 is 5.32 Å². The van der Waals surface area contributed by atoms with Crippen LogP contribution in [-0.2, 0) is 0 Å². The third kappa shape index (κ3) is 1.43. The van der Waals surface area contributed by atoms with E-state index in [2.05, 4.69) is 57.3 Å². The molecule has 0 unspecified atom stereocenters. The molecule has 0 saturated carbocycles. The maximum Gasteiger partial charge on any atom is 0.0506 e. The standard InChI is InChI=1S/C13H17N/c1-9-6-5-7-11-10(2)8-13(3,4)14-12(9)11/h5-8,14H,1-4H3. The Kier molecular flexibility index (Phi) is 1.91. The zero-order chi connectivity index (χ0) is 10.3. The third-order valence-electron chi connectivity index (χ3n) is 2.72. The fourth-order valence-corrected chi connectivity index (χ4v) is 2.14. The fourth-order valence-electron chi connectivity index (χ4n) is 2.14. The first-order chi connectivity index (χ1) is 6.49. The van der Waals surface area contributed by atoms with Gasteiger partial charge < -0.3 is 5.32 Å². The van der Waals surface area contributed by atoms with Gasteiger partial charge in [-0.05, 0) is 38.8 Å². The molecule has 2 rings (SSSR count). The summed E-state index contributed by atoms with van der Waals surface area (Å²) in [6.07, 6.45) is 2.29. The lowest BCUT2D eigenvalue weighted by molar-refractivity contribution is 0.706. The number of hydrogen-bond acceptors (Lipinski definition) is 1. The molecule has 1 aliphatic rings. The number of rotatable bonds is 0. The van der Waals surface area contributed by atoms with E-state index in [1.807, 2.05) is 0 Å². The van der Waals surface area contributed by atoms with Gasteiger partial charge in [0.05, 0.1) is 5.54 Å². The molecule has 1 N–H and O–H groups in total. The smallest absolute Gasteiger partial charge is 0.0506 e. The minimum Gasteiger partial charge on any atom is -0.376 e. The minimum atomic E-state index is 0.0726. The summed E-state index contributed by atoms with van der Waals surface area (Å²) in [5, 5.41) is 3.56. The highest BCUT2D eigenvalue weighted by Crippen LogP contribution is 2.35. The molecule has 14 heavy (non-hydrogen) atoms. The number of benzene rings is 1. The first kappa shape index (κ1) is 9.32. The van der Waals surface area contributed by atoms with E-state index < -0.39 is 0 Å². The molecule has 0 aromatic heterocycles. The van der Waals surface area contributed by atoms with Crippen LogP contribution in [0.15, 0.2) is 24.3 Å². The van der Waals surface area contributed by atoms with Gasteiger partial charge in [-0.1, -0.05) is 24.3 Å². The zero-order valence-corrected chi connectivity index (χ0v) is 9.31. The quantitative estimate of drug-likeness (QED) is 0.654. The summed E-state index contributed by atoms with van der Waals surface area (Å²) >= 11 is 0. The number of para-hydroxylation sites is 1. The van der Waals surface area contributed by atoms with E-state index in [0.29, 0.717) is 0 Å². The normalized spacial score (nSPS) is 18.1. The van der Waals surface area contributed by atoms with Crippen LogP contribution in [0.25, 0.3) is 5.57 Å². The first-order valence-electron chi connectivity index (χ1n) is 5.07. The predicted molar refractivity (Wildman–Crippen MR) is 62.5 cm³/mol. The molecule has 0 spiro atoms. The Bertz CT molecular complexity index is 400. The molecule has 0 amide bonds. The molecule has 1 aliphatic heterocycles. The highest BCUT2D eigenvalue weighted by atomic mass is 15.0. The number of anilines is 1. The molecular weight excluding hydrogens is 170 g/mol. The van der Waals surface area contributed by atoms with Crippen LogP contribution in [0.2, 0.25) is 0 Å². The van der Waals surface area contributed by atoms with Crippen molar-refractivity contribution in [1.82, 2.24) is 0 Å². The highest BCUT2D eigenvalue weighted by Gasteiger charge is 2.22. The minimum absolute atomic E-state index is 0.0726. The monoisotopic (exact) mass is 187 g/mol. The lowest BCUT2D eigenvalue weighted by Crippen LogP contribution is -2.31. The van der Waals surface area contributed by atoms with E-state index in [0.717, 1.165) is 0 Å². The second-order valence-corrected chi connectivity index (χ2v) is 4.67. The Morgan fingerprint density at radius 2 is 1.86 bits per heavy atom. The topological polar surface area (TPSA) is 12.0 Å². The van der Waals surface area contributed by atoms with Crippen molar-refractivity contribution in [2.75, 3.05) is 5.32 Å². The van der Waals surface area contributed by atoms with E-state index in [-0.39, 0.29) is 5.54 Å². The van der Waals surface area contributed by atoms with E-state index in [9.17, 15) is 0 Å². The predicted octanol–water partition coefficient (Wildman–Crippen LogP) is 3.60. The SMILES string of the molecule is CC1=CC(C)(C)Nc2c(C)cccc21. The second-order valence-electron chi connectivity index (χ2n) is 4.67. The number of hydrogen-bond donors (Lipinski definition) is 1. The van der Waals surface area contributed by atoms with Crippen LogP contribution in [0, 0.1) is 6.92 Å². The van der Waals surface area contributed by atoms with Crippen molar-refractivity contribution in [3.8, 4) is 0 Å². The van der Waals surface area contributed by atoms with Crippen molar-refractivity contribution in [1.29, 1.82) is 0 Å². The Labute approximate surface area is 85.8 Å². The second kappa shape index (κ2) is 2.88. The summed E-state index contributed by atoms with van der Waals surface area (Å²) in [6, 6.07) is 6.45. The maximum atomic E-state index is 3.56. The molecule has 1 heterocycles. The molecule has 74 valence electrons. The van der Waals surface area contributed by atoms with Crippen LogP contribution in [0.4, 0.5) is 5.69 Å². The molecular formula is C13H17N. The van der Waals surface area contributed by atoms with Crippen LogP contribution in [0.1, 0.15) is 31.9 Å². The van der Waals surface area contributed by atoms with Crippen molar-refractivity contribution < 1.29 is 0 Å². The van der Waals surface area contributed by atoms with Gasteiger partial charge in [0.15, 0.2) is 0 Å². The van der Waals surface area contributed by atoms with Crippen molar-refractivity contribution in [3.05, 3.63) is 35.4 Å². The van der Waals surface area contributed by atoms with Crippen molar-refractivity contribution in [3.63, 3.8) is 0 Å². The molecule has 0 atom stereocenters. The van der Waals surface area contributed by atoms with Crippen molar-refractivity contribution in [2.24, 2.45) is 0 Å². The van der Waals surface area contributed by atoms with Crippen molar-refractivity contribution in [2.45, 2.75) is 33.2 Å². The molecule has 0 aliphatic carbocycles. The van der Waals surface area contributed by atoms with Gasteiger partial charge in [0.1, 0.15) is 0 Å². The lowest BCUT2D eigenvalue weighted by Gasteiger charge is -2.32. The molecule has 0 saturated heterocycles. The number of allylic oxidation sites excluding steroid dienone is 1. The Morgan fingerprint density at radius 3 is 2.57 bits per heavy atom. The number of nitrogens with one attached hydrogen (secondary N) is 1. The Balaban J connectivity index is 2.62. The molecule has 0 radical (unpaired) electrons. The molecule has 1 nitrogen and oxygen atoms in total. The summed E-state index contributed by atoms with van der Waals surface area (Å²) < 4.78 is 0. The number of aryl methyl sites for hydroxylation is 1. The van der Waals surface area contributed by atoms with Crippen LogP contribution in [-0.4, -0.2) is 5.54 Å². The van der Waals surface area contributed by atoms with Gasteiger partial charge >= 0.3 is 0 Å². The third-order valence-corrected chi connectivity index (χ3v) is 2.72. The molecule has 1 aromatic carbocycles. The maximum absolute atomic E-state index is 3.56. The van der Waals surface area contributed by atoms with Gasteiger partial charge in [0, 0.05) is 11.3 Å². The first-order valence-corrected chi connectivity index (χ1v) is 5.07. The van der Waals surface area contributed by atoms with Gasteiger partial charge in [-0.3, -0.25) is 0 Å². The summed E-state index contributed by atoms with van der Waals surface area (Å²) in [7, 11) is 0. The molecule has 0 fully saturated rings. The van der Waals surface area contributed by atoms with Crippen LogP contribution >= 0.6 is 0 Å². The van der Waals surface area contributed by atoms with E-state index >= 15 is 0 Å².